The minimum Gasteiger partial charge on any atom is -0.279 e. The lowest BCUT2D eigenvalue weighted by molar-refractivity contribution is 0.393. The van der Waals surface area contributed by atoms with Crippen LogP contribution in [0.2, 0.25) is 5.15 Å². The average Bonchev–Trinajstić information content (AvgIpc) is 3.03. The second-order valence-corrected chi connectivity index (χ2v) is 5.96. The lowest BCUT2D eigenvalue weighted by Gasteiger charge is -2.26. The second-order valence-electron chi connectivity index (χ2n) is 5.60. The summed E-state index contributed by atoms with van der Waals surface area (Å²) in [5, 5.41) is 9.20. The van der Waals surface area contributed by atoms with Gasteiger partial charge >= 0.3 is 0 Å². The van der Waals surface area contributed by atoms with Crippen LogP contribution in [0.25, 0.3) is 5.65 Å². The van der Waals surface area contributed by atoms with E-state index < -0.39 is 0 Å². The van der Waals surface area contributed by atoms with Crippen LogP contribution >= 0.6 is 11.6 Å². The van der Waals surface area contributed by atoms with Gasteiger partial charge in [0.05, 0.1) is 5.69 Å². The van der Waals surface area contributed by atoms with Gasteiger partial charge in [-0.2, -0.15) is 0 Å². The minimum absolute atomic E-state index is 0.168. The van der Waals surface area contributed by atoms with E-state index >= 15 is 0 Å². The molecular formula is C14H19ClN4. The summed E-state index contributed by atoms with van der Waals surface area (Å²) in [6, 6.07) is 0. The van der Waals surface area contributed by atoms with Gasteiger partial charge in [0, 0.05) is 11.1 Å². The summed E-state index contributed by atoms with van der Waals surface area (Å²) in [6.45, 7) is 6.30. The molecule has 2 aromatic heterocycles. The Hall–Kier alpha value is -1.16. The van der Waals surface area contributed by atoms with Crippen LogP contribution in [0, 0.1) is 13.8 Å². The molecule has 0 radical (unpaired) electrons. The molecule has 2 aromatic rings. The van der Waals surface area contributed by atoms with Gasteiger partial charge in [-0.1, -0.05) is 31.4 Å². The van der Waals surface area contributed by atoms with Crippen molar-refractivity contribution in [1.29, 1.82) is 0 Å². The highest BCUT2D eigenvalue weighted by molar-refractivity contribution is 6.32. The Labute approximate surface area is 118 Å². The number of fused-ring (bicyclic) bond motifs is 1. The van der Waals surface area contributed by atoms with Gasteiger partial charge in [-0.15, -0.1) is 10.2 Å². The molecule has 0 saturated heterocycles. The van der Waals surface area contributed by atoms with Gasteiger partial charge in [0.1, 0.15) is 5.82 Å². The predicted octanol–water partition coefficient (Wildman–Crippen LogP) is 3.62. The lowest BCUT2D eigenvalue weighted by Crippen LogP contribution is -2.25. The third-order valence-corrected chi connectivity index (χ3v) is 4.94. The van der Waals surface area contributed by atoms with Crippen LogP contribution in [-0.4, -0.2) is 19.6 Å². The first-order chi connectivity index (χ1) is 9.09. The third kappa shape index (κ3) is 1.76. The summed E-state index contributed by atoms with van der Waals surface area (Å²) in [5.41, 5.74) is 2.91. The molecule has 3 rings (SSSR count). The number of hydrogen-bond donors (Lipinski definition) is 0. The van der Waals surface area contributed by atoms with Crippen molar-refractivity contribution in [1.82, 2.24) is 19.6 Å². The van der Waals surface area contributed by atoms with Crippen LogP contribution in [0.1, 0.15) is 56.2 Å². The molecule has 2 heterocycles. The van der Waals surface area contributed by atoms with Crippen LogP contribution in [0.15, 0.2) is 0 Å². The predicted molar refractivity (Wildman–Crippen MR) is 75.7 cm³/mol. The fraction of sp³-hybridized carbons (Fsp3) is 0.643. The molecule has 5 heteroatoms. The Balaban J connectivity index is 2.31. The van der Waals surface area contributed by atoms with E-state index in [2.05, 4.69) is 33.4 Å². The highest BCUT2D eigenvalue weighted by Gasteiger charge is 2.38. The van der Waals surface area contributed by atoms with Crippen molar-refractivity contribution in [3.63, 3.8) is 0 Å². The maximum Gasteiger partial charge on any atom is 0.198 e. The SMILES string of the molecule is CCC1(c2nnc3c(Cl)nc(C)c(C)n23)CCCC1. The van der Waals surface area contributed by atoms with E-state index in [0.29, 0.717) is 10.8 Å². The van der Waals surface area contributed by atoms with Crippen molar-refractivity contribution in [2.75, 3.05) is 0 Å². The van der Waals surface area contributed by atoms with Crippen LogP contribution in [0.4, 0.5) is 0 Å². The zero-order valence-electron chi connectivity index (χ0n) is 11.7. The summed E-state index contributed by atoms with van der Waals surface area (Å²) >= 11 is 6.21. The highest BCUT2D eigenvalue weighted by Crippen LogP contribution is 2.43. The van der Waals surface area contributed by atoms with E-state index in [0.717, 1.165) is 23.6 Å². The minimum atomic E-state index is 0.168. The average molecular weight is 279 g/mol. The van der Waals surface area contributed by atoms with E-state index in [1.54, 1.807) is 0 Å². The first-order valence-electron chi connectivity index (χ1n) is 6.97. The molecule has 102 valence electrons. The monoisotopic (exact) mass is 278 g/mol. The number of aryl methyl sites for hydroxylation is 2. The summed E-state index contributed by atoms with van der Waals surface area (Å²) in [6.07, 6.45) is 6.05. The van der Waals surface area contributed by atoms with Crippen LogP contribution in [0.3, 0.4) is 0 Å². The summed E-state index contributed by atoms with van der Waals surface area (Å²) < 4.78 is 2.12. The molecule has 0 spiro atoms. The topological polar surface area (TPSA) is 43.1 Å². The second kappa shape index (κ2) is 4.44. The molecule has 0 N–H and O–H groups in total. The smallest absolute Gasteiger partial charge is 0.198 e. The van der Waals surface area contributed by atoms with Gasteiger partial charge in [0.25, 0.3) is 0 Å². The van der Waals surface area contributed by atoms with Gasteiger partial charge in [-0.3, -0.25) is 4.40 Å². The molecule has 1 aliphatic rings. The number of halogens is 1. The van der Waals surface area contributed by atoms with Crippen molar-refractivity contribution >= 4 is 17.2 Å². The molecule has 19 heavy (non-hydrogen) atoms. The Morgan fingerprint density at radius 3 is 2.53 bits per heavy atom. The Morgan fingerprint density at radius 1 is 1.21 bits per heavy atom. The standard InChI is InChI=1S/C14H19ClN4/c1-4-14(7-5-6-8-14)13-18-17-12-11(15)16-9(2)10(3)19(12)13/h4-8H2,1-3H3. The van der Waals surface area contributed by atoms with E-state index in [1.165, 1.54) is 25.7 Å². The Morgan fingerprint density at radius 2 is 1.89 bits per heavy atom. The molecule has 1 saturated carbocycles. The van der Waals surface area contributed by atoms with Gasteiger partial charge in [0.2, 0.25) is 0 Å². The maximum atomic E-state index is 6.21. The maximum absolute atomic E-state index is 6.21. The van der Waals surface area contributed by atoms with Gasteiger partial charge < -0.3 is 0 Å². The third-order valence-electron chi connectivity index (χ3n) is 4.68. The fourth-order valence-electron chi connectivity index (χ4n) is 3.31. The largest absolute Gasteiger partial charge is 0.279 e. The first-order valence-corrected chi connectivity index (χ1v) is 7.35. The summed E-state index contributed by atoms with van der Waals surface area (Å²) in [5.74, 6) is 1.08. The van der Waals surface area contributed by atoms with Crippen molar-refractivity contribution in [3.05, 3.63) is 22.4 Å². The Kier molecular flexibility index (Phi) is 3.01. The summed E-state index contributed by atoms with van der Waals surface area (Å²) in [7, 11) is 0. The van der Waals surface area contributed by atoms with Gasteiger partial charge in [-0.25, -0.2) is 4.98 Å². The zero-order chi connectivity index (χ0) is 13.6. The van der Waals surface area contributed by atoms with E-state index in [1.807, 2.05) is 6.92 Å². The number of nitrogens with zero attached hydrogens (tertiary/aromatic N) is 4. The van der Waals surface area contributed by atoms with Crippen molar-refractivity contribution in [2.45, 2.75) is 58.3 Å². The number of hydrogen-bond acceptors (Lipinski definition) is 3. The molecule has 0 aromatic carbocycles. The normalized spacial score (nSPS) is 18.3. The number of aromatic nitrogens is 4. The number of rotatable bonds is 2. The fourth-order valence-corrected chi connectivity index (χ4v) is 3.56. The van der Waals surface area contributed by atoms with Crippen LogP contribution < -0.4 is 0 Å². The van der Waals surface area contributed by atoms with Crippen molar-refractivity contribution in [3.8, 4) is 0 Å². The lowest BCUT2D eigenvalue weighted by atomic mass is 9.82. The van der Waals surface area contributed by atoms with Crippen molar-refractivity contribution < 1.29 is 0 Å². The highest BCUT2D eigenvalue weighted by atomic mass is 35.5. The summed E-state index contributed by atoms with van der Waals surface area (Å²) in [4.78, 5) is 4.33. The van der Waals surface area contributed by atoms with E-state index in [4.69, 9.17) is 11.6 Å². The molecule has 0 bridgehead atoms. The molecule has 1 fully saturated rings. The molecule has 0 unspecified atom stereocenters. The zero-order valence-corrected chi connectivity index (χ0v) is 12.5. The van der Waals surface area contributed by atoms with Crippen LogP contribution in [0.5, 0.6) is 0 Å². The molecule has 0 aliphatic heterocycles. The Bertz CT molecular complexity index is 626. The van der Waals surface area contributed by atoms with Crippen molar-refractivity contribution in [2.24, 2.45) is 0 Å². The quantitative estimate of drug-likeness (QED) is 0.843. The first kappa shape index (κ1) is 12.9. The molecule has 4 nitrogen and oxygen atoms in total. The van der Waals surface area contributed by atoms with Gasteiger partial charge in [-0.05, 0) is 33.1 Å². The molecule has 1 aliphatic carbocycles. The molecule has 0 atom stereocenters. The molecule has 0 amide bonds. The van der Waals surface area contributed by atoms with Crippen LogP contribution in [-0.2, 0) is 5.41 Å². The van der Waals surface area contributed by atoms with Gasteiger partial charge in [0.15, 0.2) is 10.8 Å². The molecular weight excluding hydrogens is 260 g/mol. The van der Waals surface area contributed by atoms with E-state index in [-0.39, 0.29) is 5.41 Å². The van der Waals surface area contributed by atoms with E-state index in [9.17, 15) is 0 Å².